The normalized spacial score (nSPS) is 14.7. The molecule has 1 rings (SSSR count). The number of aliphatic hydroxyl groups excluding tert-OH is 1. The molecule has 4 heteroatoms. The summed E-state index contributed by atoms with van der Waals surface area (Å²) < 4.78 is 18.5. The quantitative estimate of drug-likeness (QED) is 0.798. The molecule has 15 heavy (non-hydrogen) atoms. The minimum absolute atomic E-state index is 0.0778. The standard InChI is InChI=1S/C11H16FNO2/c1-7(14)6-15-11-4-3-9(8(2)13)5-10(11)12/h3-5,7-8,14H,6,13H2,1-2H3. The highest BCUT2D eigenvalue weighted by Crippen LogP contribution is 2.21. The highest BCUT2D eigenvalue weighted by Gasteiger charge is 2.07. The van der Waals surface area contributed by atoms with E-state index < -0.39 is 11.9 Å². The fraction of sp³-hybridized carbons (Fsp3) is 0.455. The first-order valence-corrected chi connectivity index (χ1v) is 4.86. The van der Waals surface area contributed by atoms with Gasteiger partial charge in [0.05, 0.1) is 6.10 Å². The van der Waals surface area contributed by atoms with Crippen molar-refractivity contribution < 1.29 is 14.2 Å². The van der Waals surface area contributed by atoms with Gasteiger partial charge in [-0.1, -0.05) is 6.07 Å². The van der Waals surface area contributed by atoms with Crippen LogP contribution in [0.15, 0.2) is 18.2 Å². The van der Waals surface area contributed by atoms with Crippen LogP contribution in [0.2, 0.25) is 0 Å². The lowest BCUT2D eigenvalue weighted by molar-refractivity contribution is 0.120. The Bertz CT molecular complexity index is 326. The minimum Gasteiger partial charge on any atom is -0.488 e. The number of ether oxygens (including phenoxy) is 1. The summed E-state index contributed by atoms with van der Waals surface area (Å²) in [4.78, 5) is 0. The van der Waals surface area contributed by atoms with Crippen molar-refractivity contribution in [1.29, 1.82) is 0 Å². The lowest BCUT2D eigenvalue weighted by Gasteiger charge is -2.11. The number of rotatable bonds is 4. The van der Waals surface area contributed by atoms with E-state index >= 15 is 0 Å². The van der Waals surface area contributed by atoms with Gasteiger partial charge in [-0.05, 0) is 31.5 Å². The second-order valence-electron chi connectivity index (χ2n) is 3.64. The average molecular weight is 213 g/mol. The van der Waals surface area contributed by atoms with Crippen molar-refractivity contribution in [2.45, 2.75) is 26.0 Å². The maximum absolute atomic E-state index is 13.4. The second-order valence-corrected chi connectivity index (χ2v) is 3.64. The van der Waals surface area contributed by atoms with Crippen molar-refractivity contribution in [3.63, 3.8) is 0 Å². The van der Waals surface area contributed by atoms with Crippen LogP contribution >= 0.6 is 0 Å². The average Bonchev–Trinajstić information content (AvgIpc) is 2.15. The SMILES string of the molecule is CC(O)COc1ccc(C(C)N)cc1F. The third kappa shape index (κ3) is 3.49. The first-order chi connectivity index (χ1) is 7.00. The van der Waals surface area contributed by atoms with E-state index in [4.69, 9.17) is 15.6 Å². The Balaban J connectivity index is 2.75. The molecule has 0 bridgehead atoms. The van der Waals surface area contributed by atoms with Gasteiger partial charge in [-0.2, -0.15) is 0 Å². The smallest absolute Gasteiger partial charge is 0.165 e. The molecule has 0 saturated carbocycles. The predicted molar refractivity (Wildman–Crippen MR) is 56.2 cm³/mol. The van der Waals surface area contributed by atoms with E-state index in [1.54, 1.807) is 19.9 Å². The first kappa shape index (κ1) is 11.9. The molecule has 84 valence electrons. The lowest BCUT2D eigenvalue weighted by Crippen LogP contribution is -2.13. The Kier molecular flexibility index (Phi) is 4.05. The van der Waals surface area contributed by atoms with Crippen molar-refractivity contribution in [3.8, 4) is 5.75 Å². The van der Waals surface area contributed by atoms with Gasteiger partial charge in [-0.3, -0.25) is 0 Å². The van der Waals surface area contributed by atoms with Gasteiger partial charge in [0.25, 0.3) is 0 Å². The third-order valence-electron chi connectivity index (χ3n) is 1.96. The van der Waals surface area contributed by atoms with Gasteiger partial charge in [0.1, 0.15) is 6.61 Å². The molecule has 1 aromatic carbocycles. The molecule has 0 radical (unpaired) electrons. The van der Waals surface area contributed by atoms with Crippen molar-refractivity contribution in [3.05, 3.63) is 29.6 Å². The summed E-state index contributed by atoms with van der Waals surface area (Å²) in [6.45, 7) is 3.44. The lowest BCUT2D eigenvalue weighted by atomic mass is 10.1. The van der Waals surface area contributed by atoms with Gasteiger partial charge in [-0.25, -0.2) is 4.39 Å². The Morgan fingerprint density at radius 3 is 2.60 bits per heavy atom. The Hall–Kier alpha value is -1.13. The molecule has 0 saturated heterocycles. The summed E-state index contributed by atoms with van der Waals surface area (Å²) in [6, 6.07) is 4.38. The van der Waals surface area contributed by atoms with Crippen LogP contribution in [0.25, 0.3) is 0 Å². The van der Waals surface area contributed by atoms with E-state index in [0.717, 1.165) is 5.56 Å². The number of nitrogens with two attached hydrogens (primary N) is 1. The molecule has 0 heterocycles. The van der Waals surface area contributed by atoms with Crippen molar-refractivity contribution >= 4 is 0 Å². The van der Waals surface area contributed by atoms with E-state index in [2.05, 4.69) is 0 Å². The van der Waals surface area contributed by atoms with Crippen molar-refractivity contribution in [2.75, 3.05) is 6.61 Å². The molecular formula is C11H16FNO2. The summed E-state index contributed by atoms with van der Waals surface area (Å²) in [5, 5.41) is 8.98. The van der Waals surface area contributed by atoms with Crippen LogP contribution in [-0.2, 0) is 0 Å². The van der Waals surface area contributed by atoms with Crippen LogP contribution in [0.4, 0.5) is 4.39 Å². The zero-order valence-corrected chi connectivity index (χ0v) is 8.90. The molecule has 0 aliphatic heterocycles. The number of hydrogen-bond donors (Lipinski definition) is 2. The van der Waals surface area contributed by atoms with E-state index in [1.165, 1.54) is 12.1 Å². The Morgan fingerprint density at radius 1 is 1.47 bits per heavy atom. The van der Waals surface area contributed by atoms with Crippen LogP contribution < -0.4 is 10.5 Å². The van der Waals surface area contributed by atoms with Gasteiger partial charge in [-0.15, -0.1) is 0 Å². The van der Waals surface area contributed by atoms with Crippen molar-refractivity contribution in [2.24, 2.45) is 5.73 Å². The Labute approximate surface area is 88.7 Å². The van der Waals surface area contributed by atoms with Crippen LogP contribution in [0.3, 0.4) is 0 Å². The highest BCUT2D eigenvalue weighted by atomic mass is 19.1. The van der Waals surface area contributed by atoms with E-state index in [9.17, 15) is 4.39 Å². The van der Waals surface area contributed by atoms with Crippen LogP contribution in [0, 0.1) is 5.82 Å². The predicted octanol–water partition coefficient (Wildman–Crippen LogP) is 1.60. The zero-order valence-electron chi connectivity index (χ0n) is 8.90. The fourth-order valence-electron chi connectivity index (χ4n) is 1.13. The summed E-state index contributed by atoms with van der Waals surface area (Å²) in [7, 11) is 0. The molecule has 0 aliphatic carbocycles. The molecule has 0 fully saturated rings. The summed E-state index contributed by atoms with van der Waals surface area (Å²) in [5.41, 5.74) is 6.33. The molecule has 1 aromatic rings. The van der Waals surface area contributed by atoms with Gasteiger partial charge in [0.2, 0.25) is 0 Å². The molecule has 2 unspecified atom stereocenters. The zero-order chi connectivity index (χ0) is 11.4. The summed E-state index contributed by atoms with van der Waals surface area (Å²) in [5.74, 6) is -0.314. The van der Waals surface area contributed by atoms with Crippen LogP contribution in [0.1, 0.15) is 25.5 Å². The fourth-order valence-corrected chi connectivity index (χ4v) is 1.13. The largest absolute Gasteiger partial charge is 0.488 e. The molecular weight excluding hydrogens is 197 g/mol. The molecule has 0 amide bonds. The van der Waals surface area contributed by atoms with Crippen molar-refractivity contribution in [1.82, 2.24) is 0 Å². The monoisotopic (exact) mass is 213 g/mol. The minimum atomic E-state index is -0.613. The number of aliphatic hydroxyl groups is 1. The summed E-state index contributed by atoms with van der Waals surface area (Å²) in [6.07, 6.45) is -0.613. The molecule has 2 atom stereocenters. The van der Waals surface area contributed by atoms with Gasteiger partial charge < -0.3 is 15.6 Å². The van der Waals surface area contributed by atoms with E-state index in [-0.39, 0.29) is 18.4 Å². The second kappa shape index (κ2) is 5.09. The van der Waals surface area contributed by atoms with Crippen LogP contribution in [-0.4, -0.2) is 17.8 Å². The van der Waals surface area contributed by atoms with Gasteiger partial charge >= 0.3 is 0 Å². The maximum Gasteiger partial charge on any atom is 0.165 e. The molecule has 3 nitrogen and oxygen atoms in total. The summed E-state index contributed by atoms with van der Waals surface area (Å²) >= 11 is 0. The van der Waals surface area contributed by atoms with Gasteiger partial charge in [0, 0.05) is 6.04 Å². The topological polar surface area (TPSA) is 55.5 Å². The Morgan fingerprint density at radius 2 is 2.13 bits per heavy atom. The van der Waals surface area contributed by atoms with E-state index in [0.29, 0.717) is 0 Å². The number of benzene rings is 1. The highest BCUT2D eigenvalue weighted by molar-refractivity contribution is 5.30. The van der Waals surface area contributed by atoms with E-state index in [1.807, 2.05) is 0 Å². The number of halogens is 1. The van der Waals surface area contributed by atoms with Crippen LogP contribution in [0.5, 0.6) is 5.75 Å². The maximum atomic E-state index is 13.4. The first-order valence-electron chi connectivity index (χ1n) is 4.86. The molecule has 0 aliphatic rings. The number of hydrogen-bond acceptors (Lipinski definition) is 3. The molecule has 0 aromatic heterocycles. The molecule has 3 N–H and O–H groups in total. The molecule has 0 spiro atoms. The van der Waals surface area contributed by atoms with Gasteiger partial charge in [0.15, 0.2) is 11.6 Å². The third-order valence-corrected chi connectivity index (χ3v) is 1.96.